The minimum atomic E-state index is -3.23. The fourth-order valence-electron chi connectivity index (χ4n) is 2.31. The van der Waals surface area contributed by atoms with Crippen molar-refractivity contribution in [3.63, 3.8) is 0 Å². The first kappa shape index (κ1) is 18.4. The van der Waals surface area contributed by atoms with E-state index in [9.17, 15) is 22.0 Å². The van der Waals surface area contributed by atoms with Crippen LogP contribution in [0.5, 0.6) is 5.75 Å². The Hall–Kier alpha value is -1.94. The first-order valence-corrected chi connectivity index (χ1v) is 9.12. The van der Waals surface area contributed by atoms with Gasteiger partial charge in [-0.25, -0.2) is 8.42 Å². The lowest BCUT2D eigenvalue weighted by Crippen LogP contribution is -2.51. The number of rotatable bonds is 6. The van der Waals surface area contributed by atoms with Gasteiger partial charge in [0.1, 0.15) is 5.75 Å². The summed E-state index contributed by atoms with van der Waals surface area (Å²) in [6, 6.07) is 5.83. The number of hydrogen-bond donors (Lipinski definition) is 1. The lowest BCUT2D eigenvalue weighted by Gasteiger charge is -2.33. The van der Waals surface area contributed by atoms with Crippen molar-refractivity contribution < 1.29 is 26.7 Å². The van der Waals surface area contributed by atoms with Gasteiger partial charge in [-0.2, -0.15) is 13.1 Å². The van der Waals surface area contributed by atoms with Gasteiger partial charge in [0, 0.05) is 31.9 Å². The molecule has 0 atom stereocenters. The zero-order chi connectivity index (χ0) is 17.7. The van der Waals surface area contributed by atoms with Crippen molar-refractivity contribution in [2.45, 2.75) is 6.61 Å². The van der Waals surface area contributed by atoms with E-state index in [0.29, 0.717) is 18.8 Å². The van der Waals surface area contributed by atoms with Crippen molar-refractivity contribution in [1.29, 1.82) is 0 Å². The first-order chi connectivity index (χ1) is 11.3. The van der Waals surface area contributed by atoms with Gasteiger partial charge in [0.25, 0.3) is 0 Å². The van der Waals surface area contributed by atoms with E-state index in [2.05, 4.69) is 10.1 Å². The molecule has 1 aromatic rings. The van der Waals surface area contributed by atoms with Crippen LogP contribution in [-0.2, 0) is 14.8 Å². The van der Waals surface area contributed by atoms with Gasteiger partial charge in [0.05, 0.1) is 12.8 Å². The van der Waals surface area contributed by atoms with Crippen molar-refractivity contribution in [2.75, 3.05) is 44.3 Å². The van der Waals surface area contributed by atoms with Gasteiger partial charge in [0.15, 0.2) is 0 Å². The van der Waals surface area contributed by atoms with E-state index in [1.54, 1.807) is 4.90 Å². The SMILES string of the molecule is CS(=O)(=O)N1CCN(C(=O)CNc2ccc(OC(F)F)cc2)CC1. The molecule has 1 heterocycles. The highest BCUT2D eigenvalue weighted by Crippen LogP contribution is 2.17. The molecule has 1 aromatic carbocycles. The van der Waals surface area contributed by atoms with Gasteiger partial charge < -0.3 is 15.0 Å². The number of piperazine rings is 1. The number of halogens is 2. The van der Waals surface area contributed by atoms with E-state index >= 15 is 0 Å². The molecule has 7 nitrogen and oxygen atoms in total. The summed E-state index contributed by atoms with van der Waals surface area (Å²) in [7, 11) is -3.23. The van der Waals surface area contributed by atoms with E-state index in [0.717, 1.165) is 6.26 Å². The molecule has 1 fully saturated rings. The number of sulfonamides is 1. The molecular weight excluding hydrogens is 344 g/mol. The molecule has 1 aliphatic rings. The molecule has 1 amide bonds. The molecule has 24 heavy (non-hydrogen) atoms. The zero-order valence-electron chi connectivity index (χ0n) is 13.1. The maximum atomic E-state index is 12.1. The molecule has 2 rings (SSSR count). The fourth-order valence-corrected chi connectivity index (χ4v) is 3.14. The highest BCUT2D eigenvalue weighted by molar-refractivity contribution is 7.88. The Morgan fingerprint density at radius 3 is 2.29 bits per heavy atom. The molecule has 1 N–H and O–H groups in total. The normalized spacial score (nSPS) is 16.2. The molecule has 0 bridgehead atoms. The van der Waals surface area contributed by atoms with Gasteiger partial charge in [0.2, 0.25) is 15.9 Å². The molecule has 134 valence electrons. The molecular formula is C14H19F2N3O4S. The molecule has 0 unspecified atom stereocenters. The summed E-state index contributed by atoms with van der Waals surface area (Å²) in [5, 5.41) is 2.90. The minimum Gasteiger partial charge on any atom is -0.435 e. The number of nitrogens with one attached hydrogen (secondary N) is 1. The fraction of sp³-hybridized carbons (Fsp3) is 0.500. The highest BCUT2D eigenvalue weighted by atomic mass is 32.2. The maximum Gasteiger partial charge on any atom is 0.387 e. The molecule has 0 aromatic heterocycles. The summed E-state index contributed by atoms with van der Waals surface area (Å²) in [6.07, 6.45) is 1.15. The molecule has 0 aliphatic carbocycles. The van der Waals surface area contributed by atoms with Crippen molar-refractivity contribution in [3.05, 3.63) is 24.3 Å². The van der Waals surface area contributed by atoms with Crippen LogP contribution in [-0.4, -0.2) is 69.1 Å². The number of alkyl halides is 2. The Morgan fingerprint density at radius 1 is 1.21 bits per heavy atom. The minimum absolute atomic E-state index is 0.0356. The Balaban J connectivity index is 1.79. The van der Waals surface area contributed by atoms with Crippen LogP contribution in [0.2, 0.25) is 0 Å². The summed E-state index contributed by atoms with van der Waals surface area (Å²) in [6.45, 7) is -1.60. The summed E-state index contributed by atoms with van der Waals surface area (Å²) in [5.74, 6) is -0.116. The topological polar surface area (TPSA) is 79.0 Å². The van der Waals surface area contributed by atoms with Crippen molar-refractivity contribution >= 4 is 21.6 Å². The predicted octanol–water partition coefficient (Wildman–Crippen LogP) is 0.804. The summed E-state index contributed by atoms with van der Waals surface area (Å²) < 4.78 is 52.5. The van der Waals surface area contributed by atoms with Crippen LogP contribution >= 0.6 is 0 Å². The summed E-state index contributed by atoms with van der Waals surface area (Å²) in [4.78, 5) is 13.7. The van der Waals surface area contributed by atoms with Crippen molar-refractivity contribution in [2.24, 2.45) is 0 Å². The Kier molecular flexibility index (Phi) is 5.94. The van der Waals surface area contributed by atoms with Crippen LogP contribution < -0.4 is 10.1 Å². The lowest BCUT2D eigenvalue weighted by molar-refractivity contribution is -0.130. The van der Waals surface area contributed by atoms with Gasteiger partial charge in [-0.1, -0.05) is 0 Å². The number of hydrogen-bond acceptors (Lipinski definition) is 5. The third kappa shape index (κ3) is 5.31. The van der Waals surface area contributed by atoms with Crippen LogP contribution in [0.4, 0.5) is 14.5 Å². The number of carbonyl (C=O) groups excluding carboxylic acids is 1. The zero-order valence-corrected chi connectivity index (χ0v) is 13.9. The number of amides is 1. The number of anilines is 1. The van der Waals surface area contributed by atoms with Crippen molar-refractivity contribution in [1.82, 2.24) is 9.21 Å². The third-order valence-corrected chi connectivity index (χ3v) is 4.89. The number of nitrogens with zero attached hydrogens (tertiary/aromatic N) is 2. The standard InChI is InChI=1S/C14H19F2N3O4S/c1-24(21,22)19-8-6-18(7-9-19)13(20)10-17-11-2-4-12(5-3-11)23-14(15)16/h2-5,14,17H,6-10H2,1H3. The quantitative estimate of drug-likeness (QED) is 0.809. The van der Waals surface area contributed by atoms with E-state index in [1.165, 1.54) is 28.6 Å². The van der Waals surface area contributed by atoms with E-state index in [1.807, 2.05) is 0 Å². The van der Waals surface area contributed by atoms with Crippen LogP contribution in [0.3, 0.4) is 0 Å². The molecule has 0 radical (unpaired) electrons. The van der Waals surface area contributed by atoms with E-state index in [-0.39, 0.29) is 31.3 Å². The molecule has 1 saturated heterocycles. The predicted molar refractivity (Wildman–Crippen MR) is 84.6 cm³/mol. The monoisotopic (exact) mass is 363 g/mol. The molecule has 0 saturated carbocycles. The van der Waals surface area contributed by atoms with Crippen LogP contribution in [0.25, 0.3) is 0 Å². The van der Waals surface area contributed by atoms with Gasteiger partial charge in [-0.05, 0) is 24.3 Å². The van der Waals surface area contributed by atoms with E-state index < -0.39 is 16.6 Å². The number of ether oxygens (including phenoxy) is 1. The first-order valence-electron chi connectivity index (χ1n) is 7.27. The maximum absolute atomic E-state index is 12.1. The van der Waals surface area contributed by atoms with Gasteiger partial charge >= 0.3 is 6.61 Å². The second-order valence-electron chi connectivity index (χ2n) is 5.30. The third-order valence-electron chi connectivity index (χ3n) is 3.58. The van der Waals surface area contributed by atoms with Crippen LogP contribution in [0.15, 0.2) is 24.3 Å². The summed E-state index contributed by atoms with van der Waals surface area (Å²) >= 11 is 0. The van der Waals surface area contributed by atoms with Gasteiger partial charge in [-0.3, -0.25) is 4.79 Å². The smallest absolute Gasteiger partial charge is 0.387 e. The second kappa shape index (κ2) is 7.75. The Labute approximate surface area is 139 Å². The average Bonchev–Trinajstić information content (AvgIpc) is 2.52. The second-order valence-corrected chi connectivity index (χ2v) is 7.28. The Bertz CT molecular complexity index is 659. The lowest BCUT2D eigenvalue weighted by atomic mass is 10.3. The van der Waals surface area contributed by atoms with E-state index in [4.69, 9.17) is 0 Å². The average molecular weight is 363 g/mol. The molecule has 1 aliphatic heterocycles. The van der Waals surface area contributed by atoms with Crippen LogP contribution in [0.1, 0.15) is 0 Å². The van der Waals surface area contributed by atoms with Crippen LogP contribution in [0, 0.1) is 0 Å². The summed E-state index contributed by atoms with van der Waals surface area (Å²) in [5.41, 5.74) is 0.597. The van der Waals surface area contributed by atoms with Gasteiger partial charge in [-0.15, -0.1) is 0 Å². The Morgan fingerprint density at radius 2 is 1.79 bits per heavy atom. The molecule has 0 spiro atoms. The number of carbonyl (C=O) groups is 1. The van der Waals surface area contributed by atoms with Crippen molar-refractivity contribution in [3.8, 4) is 5.75 Å². The highest BCUT2D eigenvalue weighted by Gasteiger charge is 2.25. The molecule has 10 heteroatoms. The largest absolute Gasteiger partial charge is 0.435 e. The number of benzene rings is 1.